The standard InChI is InChI=1S/C17H18N2OS/c1-19(15-8-4-3-7-14(15)17(18)21)11-13-10-12-6-2-5-9-16(12)20-13/h2-9,13H,10-11H2,1H3,(H2,18,21). The number of nitrogens with two attached hydrogens (primary N) is 1. The summed E-state index contributed by atoms with van der Waals surface area (Å²) in [4.78, 5) is 2.58. The zero-order valence-electron chi connectivity index (χ0n) is 12.0. The van der Waals surface area contributed by atoms with Crippen LogP contribution in [0.2, 0.25) is 0 Å². The van der Waals surface area contributed by atoms with E-state index in [2.05, 4.69) is 17.0 Å². The summed E-state index contributed by atoms with van der Waals surface area (Å²) in [7, 11) is 2.05. The van der Waals surface area contributed by atoms with Crippen LogP contribution in [0.1, 0.15) is 11.1 Å². The van der Waals surface area contributed by atoms with Crippen molar-refractivity contribution in [1.82, 2.24) is 0 Å². The summed E-state index contributed by atoms with van der Waals surface area (Å²) in [6.45, 7) is 0.800. The van der Waals surface area contributed by atoms with Gasteiger partial charge >= 0.3 is 0 Å². The SMILES string of the molecule is CN(CC1Cc2ccccc2O1)c1ccccc1C(N)=S. The van der Waals surface area contributed by atoms with Gasteiger partial charge in [0, 0.05) is 24.7 Å². The number of nitrogens with zero attached hydrogens (tertiary/aromatic N) is 1. The van der Waals surface area contributed by atoms with Gasteiger partial charge in [0.1, 0.15) is 16.8 Å². The molecule has 2 aromatic carbocycles. The Balaban J connectivity index is 1.74. The average molecular weight is 298 g/mol. The third kappa shape index (κ3) is 2.85. The van der Waals surface area contributed by atoms with Crippen LogP contribution in [0.15, 0.2) is 48.5 Å². The second kappa shape index (κ2) is 5.74. The van der Waals surface area contributed by atoms with E-state index in [-0.39, 0.29) is 6.10 Å². The van der Waals surface area contributed by atoms with Crippen LogP contribution < -0.4 is 15.4 Å². The maximum absolute atomic E-state index is 5.99. The molecule has 108 valence electrons. The van der Waals surface area contributed by atoms with Crippen LogP contribution in [0.4, 0.5) is 5.69 Å². The Morgan fingerprint density at radius 1 is 1.24 bits per heavy atom. The molecule has 1 heterocycles. The maximum Gasteiger partial charge on any atom is 0.123 e. The Kier molecular flexibility index (Phi) is 3.80. The van der Waals surface area contributed by atoms with E-state index < -0.39 is 0 Å². The minimum Gasteiger partial charge on any atom is -0.488 e. The molecular weight excluding hydrogens is 280 g/mol. The van der Waals surface area contributed by atoms with Crippen molar-refractivity contribution in [1.29, 1.82) is 0 Å². The second-order valence-corrected chi connectivity index (χ2v) is 5.75. The van der Waals surface area contributed by atoms with Crippen LogP contribution in [0.25, 0.3) is 0 Å². The van der Waals surface area contributed by atoms with E-state index in [0.717, 1.165) is 30.0 Å². The number of rotatable bonds is 4. The smallest absolute Gasteiger partial charge is 0.123 e. The molecule has 0 aromatic heterocycles. The molecule has 0 saturated carbocycles. The van der Waals surface area contributed by atoms with Gasteiger partial charge in [0.25, 0.3) is 0 Å². The molecule has 3 nitrogen and oxygen atoms in total. The highest BCUT2D eigenvalue weighted by Gasteiger charge is 2.24. The number of fused-ring (bicyclic) bond motifs is 1. The monoisotopic (exact) mass is 298 g/mol. The molecule has 0 amide bonds. The van der Waals surface area contributed by atoms with Gasteiger partial charge in [0.2, 0.25) is 0 Å². The quantitative estimate of drug-likeness (QED) is 0.881. The van der Waals surface area contributed by atoms with Gasteiger partial charge in [-0.15, -0.1) is 0 Å². The van der Waals surface area contributed by atoms with Crippen molar-refractivity contribution in [3.05, 3.63) is 59.7 Å². The van der Waals surface area contributed by atoms with Gasteiger partial charge in [-0.3, -0.25) is 0 Å². The largest absolute Gasteiger partial charge is 0.488 e. The summed E-state index contributed by atoms with van der Waals surface area (Å²) in [6, 6.07) is 16.2. The van der Waals surface area contributed by atoms with Gasteiger partial charge in [-0.1, -0.05) is 42.5 Å². The lowest BCUT2D eigenvalue weighted by Gasteiger charge is -2.25. The van der Waals surface area contributed by atoms with Crippen molar-refractivity contribution in [2.75, 3.05) is 18.5 Å². The van der Waals surface area contributed by atoms with Crippen molar-refractivity contribution < 1.29 is 4.74 Å². The molecule has 21 heavy (non-hydrogen) atoms. The summed E-state index contributed by atoms with van der Waals surface area (Å²) >= 11 is 5.13. The van der Waals surface area contributed by atoms with Gasteiger partial charge in [-0.2, -0.15) is 0 Å². The first-order valence-corrected chi connectivity index (χ1v) is 7.40. The van der Waals surface area contributed by atoms with E-state index in [1.54, 1.807) is 0 Å². The van der Waals surface area contributed by atoms with Crippen molar-refractivity contribution in [3.8, 4) is 5.75 Å². The number of likely N-dealkylation sites (N-methyl/N-ethyl adjacent to an activating group) is 1. The molecule has 1 aliphatic rings. The Morgan fingerprint density at radius 2 is 1.95 bits per heavy atom. The molecule has 0 saturated heterocycles. The second-order valence-electron chi connectivity index (χ2n) is 5.31. The Hall–Kier alpha value is -2.07. The van der Waals surface area contributed by atoms with Crippen molar-refractivity contribution in [2.24, 2.45) is 5.73 Å². The Morgan fingerprint density at radius 3 is 2.71 bits per heavy atom. The summed E-state index contributed by atoms with van der Waals surface area (Å²) in [5.74, 6) is 0.999. The predicted molar refractivity (Wildman–Crippen MR) is 90.2 cm³/mol. The molecule has 0 aliphatic carbocycles. The fraction of sp³-hybridized carbons (Fsp3) is 0.235. The lowest BCUT2D eigenvalue weighted by atomic mass is 10.1. The summed E-state index contributed by atoms with van der Waals surface area (Å²) in [6.07, 6.45) is 1.10. The van der Waals surface area contributed by atoms with Gasteiger partial charge in [-0.05, 0) is 23.8 Å². The van der Waals surface area contributed by atoms with Crippen LogP contribution in [0.5, 0.6) is 5.75 Å². The lowest BCUT2D eigenvalue weighted by molar-refractivity contribution is 0.239. The molecule has 0 spiro atoms. The van der Waals surface area contributed by atoms with E-state index in [0.29, 0.717) is 4.99 Å². The zero-order chi connectivity index (χ0) is 14.8. The average Bonchev–Trinajstić information content (AvgIpc) is 2.89. The topological polar surface area (TPSA) is 38.5 Å². The van der Waals surface area contributed by atoms with Crippen molar-refractivity contribution in [2.45, 2.75) is 12.5 Å². The van der Waals surface area contributed by atoms with Crippen molar-refractivity contribution >= 4 is 22.9 Å². The summed E-state index contributed by atoms with van der Waals surface area (Å²) in [5, 5.41) is 0. The third-order valence-electron chi connectivity index (χ3n) is 3.77. The van der Waals surface area contributed by atoms with Crippen LogP contribution in [-0.4, -0.2) is 24.7 Å². The van der Waals surface area contributed by atoms with Gasteiger partial charge in [-0.25, -0.2) is 0 Å². The number of para-hydroxylation sites is 2. The minimum absolute atomic E-state index is 0.159. The number of hydrogen-bond acceptors (Lipinski definition) is 3. The number of anilines is 1. The summed E-state index contributed by atoms with van der Waals surface area (Å²) in [5.41, 5.74) is 9.03. The number of hydrogen-bond donors (Lipinski definition) is 1. The molecule has 0 bridgehead atoms. The molecule has 3 rings (SSSR count). The van der Waals surface area contributed by atoms with Crippen LogP contribution in [0.3, 0.4) is 0 Å². The molecule has 0 fully saturated rings. The number of thiocarbonyl (C=S) groups is 1. The van der Waals surface area contributed by atoms with E-state index in [4.69, 9.17) is 22.7 Å². The third-order valence-corrected chi connectivity index (χ3v) is 3.99. The van der Waals surface area contributed by atoms with E-state index in [1.165, 1.54) is 5.56 Å². The molecule has 1 unspecified atom stereocenters. The van der Waals surface area contributed by atoms with Gasteiger partial charge in [0.05, 0.1) is 6.54 Å². The molecule has 1 atom stereocenters. The fourth-order valence-electron chi connectivity index (χ4n) is 2.77. The van der Waals surface area contributed by atoms with Crippen molar-refractivity contribution in [3.63, 3.8) is 0 Å². The first kappa shape index (κ1) is 13.9. The van der Waals surface area contributed by atoms with Crippen LogP contribution in [-0.2, 0) is 6.42 Å². The molecular formula is C17H18N2OS. The first-order valence-electron chi connectivity index (χ1n) is 6.99. The lowest BCUT2D eigenvalue weighted by Crippen LogP contribution is -2.33. The highest BCUT2D eigenvalue weighted by molar-refractivity contribution is 7.80. The minimum atomic E-state index is 0.159. The maximum atomic E-state index is 5.99. The Bertz CT molecular complexity index is 646. The van der Waals surface area contributed by atoms with E-state index in [9.17, 15) is 0 Å². The highest BCUT2D eigenvalue weighted by Crippen LogP contribution is 2.29. The molecule has 4 heteroatoms. The number of benzene rings is 2. The summed E-state index contributed by atoms with van der Waals surface area (Å²) < 4.78 is 5.99. The normalized spacial score (nSPS) is 16.1. The predicted octanol–water partition coefficient (Wildman–Crippen LogP) is 2.76. The zero-order valence-corrected chi connectivity index (χ0v) is 12.8. The Labute approximate surface area is 130 Å². The number of ether oxygens (including phenoxy) is 1. The van der Waals surface area contributed by atoms with Gasteiger partial charge in [0.15, 0.2) is 0 Å². The molecule has 0 radical (unpaired) electrons. The highest BCUT2D eigenvalue weighted by atomic mass is 32.1. The molecule has 1 aliphatic heterocycles. The van der Waals surface area contributed by atoms with E-state index >= 15 is 0 Å². The van der Waals surface area contributed by atoms with Gasteiger partial charge < -0.3 is 15.4 Å². The van der Waals surface area contributed by atoms with E-state index in [1.807, 2.05) is 43.4 Å². The van der Waals surface area contributed by atoms with Crippen LogP contribution in [0, 0.1) is 0 Å². The fourth-order valence-corrected chi connectivity index (χ4v) is 2.95. The van der Waals surface area contributed by atoms with Crippen LogP contribution >= 0.6 is 12.2 Å². The molecule has 2 N–H and O–H groups in total. The molecule has 2 aromatic rings. The first-order chi connectivity index (χ1) is 10.1.